The number of aryl methyl sites for hydroxylation is 1. The van der Waals surface area contributed by atoms with E-state index < -0.39 is 0 Å². The van der Waals surface area contributed by atoms with E-state index in [-0.39, 0.29) is 23.6 Å². The van der Waals surface area contributed by atoms with Gasteiger partial charge in [-0.05, 0) is 56.5 Å². The number of ether oxygens (including phenoxy) is 1. The Hall–Kier alpha value is -2.95. The summed E-state index contributed by atoms with van der Waals surface area (Å²) in [7, 11) is 1.66. The molecule has 0 fully saturated rings. The summed E-state index contributed by atoms with van der Waals surface area (Å²) in [5, 5.41) is 6.70. The van der Waals surface area contributed by atoms with Crippen molar-refractivity contribution in [3.05, 3.63) is 76.7 Å². The molecule has 1 aliphatic heterocycles. The van der Waals surface area contributed by atoms with Gasteiger partial charge in [0, 0.05) is 28.8 Å². The van der Waals surface area contributed by atoms with Crippen molar-refractivity contribution in [3.8, 4) is 5.75 Å². The highest BCUT2D eigenvalue weighted by molar-refractivity contribution is 6.06. The van der Waals surface area contributed by atoms with Crippen molar-refractivity contribution >= 4 is 11.5 Å². The van der Waals surface area contributed by atoms with Gasteiger partial charge in [0.15, 0.2) is 5.78 Å². The number of methoxy groups -OCH3 is 1. The van der Waals surface area contributed by atoms with Gasteiger partial charge < -0.3 is 4.74 Å². The van der Waals surface area contributed by atoms with Gasteiger partial charge in [-0.15, -0.1) is 0 Å². The average Bonchev–Trinajstić information content (AvgIpc) is 3.07. The molecule has 0 saturated heterocycles. The summed E-state index contributed by atoms with van der Waals surface area (Å²) in [6.07, 6.45) is 3.30. The first-order valence-electron chi connectivity index (χ1n) is 9.48. The zero-order valence-electron chi connectivity index (χ0n) is 16.3. The molecule has 1 aliphatic carbocycles. The quantitative estimate of drug-likeness (QED) is 0.727. The molecule has 0 aromatic heterocycles. The van der Waals surface area contributed by atoms with Crippen LogP contribution in [-0.4, -0.2) is 23.6 Å². The highest BCUT2D eigenvalue weighted by Gasteiger charge is 2.43. The molecule has 2 aromatic carbocycles. The molecule has 0 spiro atoms. The number of nitrogens with zero attached hydrogens (tertiary/aromatic N) is 2. The molecule has 28 heavy (non-hydrogen) atoms. The molecular weight excluding hydrogens is 355 g/mol. The average molecular weight is 378 g/mol. The lowest BCUT2D eigenvalue weighted by atomic mass is 9.77. The summed E-state index contributed by atoms with van der Waals surface area (Å²) < 4.78 is 20.1. The smallest absolute Gasteiger partial charge is 0.154 e. The number of benzene rings is 2. The normalized spacial score (nSPS) is 21.1. The van der Waals surface area contributed by atoms with E-state index in [0.29, 0.717) is 5.56 Å². The Bertz CT molecular complexity index is 996. The number of fused-ring (bicyclic) bond motifs is 3. The van der Waals surface area contributed by atoms with Crippen LogP contribution in [0.5, 0.6) is 5.75 Å². The van der Waals surface area contributed by atoms with Gasteiger partial charge in [0.1, 0.15) is 11.6 Å². The minimum absolute atomic E-state index is 0.0509. The van der Waals surface area contributed by atoms with E-state index in [1.807, 2.05) is 42.3 Å². The van der Waals surface area contributed by atoms with E-state index in [2.05, 4.69) is 0 Å². The molecule has 5 heteroatoms. The van der Waals surface area contributed by atoms with Crippen LogP contribution < -0.4 is 4.74 Å². The number of rotatable bonds is 4. The molecule has 2 aromatic rings. The van der Waals surface area contributed by atoms with Gasteiger partial charge in [-0.1, -0.05) is 18.2 Å². The first-order valence-corrected chi connectivity index (χ1v) is 9.48. The molecule has 0 bridgehead atoms. The van der Waals surface area contributed by atoms with Crippen molar-refractivity contribution in [2.24, 2.45) is 11.0 Å². The first-order chi connectivity index (χ1) is 13.5. The molecular formula is C23H23FN2O2. The summed E-state index contributed by atoms with van der Waals surface area (Å²) in [5.41, 5.74) is 4.55. The van der Waals surface area contributed by atoms with E-state index in [1.54, 1.807) is 19.3 Å². The third-order valence-corrected chi connectivity index (χ3v) is 5.52. The maximum Gasteiger partial charge on any atom is 0.154 e. The predicted octanol–water partition coefficient (Wildman–Crippen LogP) is 4.65. The van der Waals surface area contributed by atoms with Crippen LogP contribution in [0.3, 0.4) is 0 Å². The summed E-state index contributed by atoms with van der Waals surface area (Å²) in [4.78, 5) is 11.7. The molecule has 0 saturated carbocycles. The second kappa shape index (κ2) is 7.23. The van der Waals surface area contributed by atoms with Gasteiger partial charge in [0.05, 0.1) is 18.9 Å². The van der Waals surface area contributed by atoms with Crippen LogP contribution in [0.1, 0.15) is 43.0 Å². The Morgan fingerprint density at radius 3 is 2.75 bits per heavy atom. The summed E-state index contributed by atoms with van der Waals surface area (Å²) in [6.45, 7) is 3.37. The second-order valence-corrected chi connectivity index (χ2v) is 7.36. The zero-order valence-corrected chi connectivity index (χ0v) is 16.3. The van der Waals surface area contributed by atoms with Crippen LogP contribution >= 0.6 is 0 Å². The fraction of sp³-hybridized carbons (Fsp3) is 0.304. The number of hydrogen-bond donors (Lipinski definition) is 0. The summed E-state index contributed by atoms with van der Waals surface area (Å²) in [5.74, 6) is 0.592. The molecule has 0 radical (unpaired) electrons. The number of hydrogen-bond acceptors (Lipinski definition) is 4. The van der Waals surface area contributed by atoms with Crippen LogP contribution in [0.25, 0.3) is 0 Å². The number of carbonyl (C=O) groups excluding carboxylic acids is 1. The van der Waals surface area contributed by atoms with Crippen molar-refractivity contribution in [1.29, 1.82) is 0 Å². The molecule has 0 N–H and O–H groups in total. The van der Waals surface area contributed by atoms with E-state index >= 15 is 0 Å². The molecule has 4 nitrogen and oxygen atoms in total. The lowest BCUT2D eigenvalue weighted by Gasteiger charge is -2.31. The third kappa shape index (κ3) is 3.11. The van der Waals surface area contributed by atoms with Crippen LogP contribution in [0, 0.1) is 11.7 Å². The van der Waals surface area contributed by atoms with Gasteiger partial charge in [0.25, 0.3) is 0 Å². The molecule has 0 amide bonds. The number of halogens is 1. The minimum Gasteiger partial charge on any atom is -0.497 e. The fourth-order valence-corrected chi connectivity index (χ4v) is 4.31. The van der Waals surface area contributed by atoms with Crippen molar-refractivity contribution in [2.45, 2.75) is 32.7 Å². The van der Waals surface area contributed by atoms with E-state index in [9.17, 15) is 9.18 Å². The number of allylic oxidation sites excluding steroid dienone is 2. The minimum atomic E-state index is -0.262. The molecule has 1 heterocycles. The Labute approximate surface area is 164 Å². The van der Waals surface area contributed by atoms with Crippen LogP contribution in [0.4, 0.5) is 4.39 Å². The van der Waals surface area contributed by atoms with Crippen molar-refractivity contribution in [1.82, 2.24) is 5.01 Å². The lowest BCUT2D eigenvalue weighted by Crippen LogP contribution is -2.29. The van der Waals surface area contributed by atoms with Crippen LogP contribution in [0.15, 0.2) is 59.3 Å². The maximum atomic E-state index is 14.7. The molecule has 2 atom stereocenters. The highest BCUT2D eigenvalue weighted by Crippen LogP contribution is 2.45. The Morgan fingerprint density at radius 1 is 1.25 bits per heavy atom. The van der Waals surface area contributed by atoms with E-state index in [1.165, 1.54) is 18.6 Å². The Balaban J connectivity index is 1.84. The second-order valence-electron chi connectivity index (χ2n) is 7.36. The Kier molecular flexibility index (Phi) is 4.75. The van der Waals surface area contributed by atoms with Gasteiger partial charge in [-0.3, -0.25) is 9.80 Å². The summed E-state index contributed by atoms with van der Waals surface area (Å²) >= 11 is 0. The maximum absolute atomic E-state index is 14.7. The van der Waals surface area contributed by atoms with Crippen molar-refractivity contribution < 1.29 is 13.9 Å². The van der Waals surface area contributed by atoms with Gasteiger partial charge in [0.2, 0.25) is 0 Å². The van der Waals surface area contributed by atoms with E-state index in [0.717, 1.165) is 35.6 Å². The standard InChI is InChI=1S/C23H23FN2O2/c1-14(12-15(2)27)26-23(19-6-4-5-7-21(19)24)20-10-8-16-13-17(28-3)9-11-18(16)22(20)25-26/h4-7,9,11-13,20,23H,8,10H2,1-3H3/b14-12-/t20-,23-/m1/s1. The van der Waals surface area contributed by atoms with Crippen LogP contribution in [-0.2, 0) is 11.2 Å². The summed E-state index contributed by atoms with van der Waals surface area (Å²) in [6, 6.07) is 12.6. The zero-order chi connectivity index (χ0) is 19.8. The van der Waals surface area contributed by atoms with Crippen LogP contribution in [0.2, 0.25) is 0 Å². The van der Waals surface area contributed by atoms with Gasteiger partial charge in [-0.25, -0.2) is 4.39 Å². The van der Waals surface area contributed by atoms with E-state index in [4.69, 9.17) is 9.84 Å². The number of hydrazone groups is 1. The third-order valence-electron chi connectivity index (χ3n) is 5.52. The van der Waals surface area contributed by atoms with Crippen molar-refractivity contribution in [2.75, 3.05) is 7.11 Å². The first kappa shape index (κ1) is 18.4. The largest absolute Gasteiger partial charge is 0.497 e. The lowest BCUT2D eigenvalue weighted by molar-refractivity contribution is -0.112. The molecule has 0 unspecified atom stereocenters. The topological polar surface area (TPSA) is 41.9 Å². The Morgan fingerprint density at radius 2 is 2.04 bits per heavy atom. The predicted molar refractivity (Wildman–Crippen MR) is 107 cm³/mol. The molecule has 4 rings (SSSR count). The fourth-order valence-electron chi connectivity index (χ4n) is 4.31. The molecule has 144 valence electrons. The van der Waals surface area contributed by atoms with Crippen molar-refractivity contribution in [3.63, 3.8) is 0 Å². The SMILES string of the molecule is COc1ccc2c(c1)CC[C@@H]1C2=NN(/C(C)=C\C(C)=O)[C@@H]1c1ccccc1F. The van der Waals surface area contributed by atoms with Gasteiger partial charge >= 0.3 is 0 Å². The number of carbonyl (C=O) groups is 1. The monoisotopic (exact) mass is 378 g/mol. The number of ketones is 1. The highest BCUT2D eigenvalue weighted by atomic mass is 19.1. The molecule has 2 aliphatic rings. The van der Waals surface area contributed by atoms with Gasteiger partial charge in [-0.2, -0.15) is 5.10 Å².